The Kier molecular flexibility index (Phi) is 4.53. The van der Waals surface area contributed by atoms with Crippen LogP contribution in [0.1, 0.15) is 12.5 Å². The molecule has 0 radical (unpaired) electrons. The fourth-order valence-electron chi connectivity index (χ4n) is 2.41. The van der Waals surface area contributed by atoms with Crippen LogP contribution in [0.15, 0.2) is 24.8 Å². The zero-order valence-corrected chi connectivity index (χ0v) is 12.6. The van der Waals surface area contributed by atoms with E-state index in [1.807, 2.05) is 25.1 Å². The molecule has 1 aromatic rings. The number of halogens is 1. The Morgan fingerprint density at radius 3 is 2.38 bits per heavy atom. The van der Waals surface area contributed by atoms with Crippen LogP contribution in [-0.2, 0) is 9.59 Å². The summed E-state index contributed by atoms with van der Waals surface area (Å²) in [6.07, 6.45) is 0. The number of carboxylic acids is 1. The molecular weight excluding hydrogens is 292 g/mol. The van der Waals surface area contributed by atoms with Gasteiger partial charge in [-0.3, -0.25) is 4.79 Å². The second kappa shape index (κ2) is 6.18. The Hall–Kier alpha value is -2.01. The Labute approximate surface area is 128 Å². The summed E-state index contributed by atoms with van der Waals surface area (Å²) in [6.45, 7) is 7.83. The summed E-state index contributed by atoms with van der Waals surface area (Å²) >= 11 is 6.02. The minimum atomic E-state index is -1.41. The normalized spacial score (nSPS) is 15.0. The van der Waals surface area contributed by atoms with E-state index in [0.717, 1.165) is 16.8 Å². The number of carbonyl (C=O) groups is 2. The first-order chi connectivity index (χ1) is 9.90. The van der Waals surface area contributed by atoms with Crippen molar-refractivity contribution in [3.8, 4) is 0 Å². The summed E-state index contributed by atoms with van der Waals surface area (Å²) < 4.78 is 0. The summed E-state index contributed by atoms with van der Waals surface area (Å²) in [6, 6.07) is 5.62. The molecule has 1 aliphatic rings. The van der Waals surface area contributed by atoms with E-state index >= 15 is 0 Å². The van der Waals surface area contributed by atoms with Gasteiger partial charge in [0.25, 0.3) is 0 Å². The van der Waals surface area contributed by atoms with Crippen LogP contribution in [0.25, 0.3) is 5.57 Å². The first kappa shape index (κ1) is 15.4. The van der Waals surface area contributed by atoms with E-state index in [4.69, 9.17) is 16.7 Å². The van der Waals surface area contributed by atoms with E-state index in [1.54, 1.807) is 0 Å². The van der Waals surface area contributed by atoms with Gasteiger partial charge >= 0.3 is 11.9 Å². The molecular formula is C15H17ClN2O3. The Morgan fingerprint density at radius 1 is 1.24 bits per heavy atom. The number of nitrogens with zero attached hydrogens (tertiary/aromatic N) is 2. The van der Waals surface area contributed by atoms with Gasteiger partial charge in [-0.1, -0.05) is 18.2 Å². The van der Waals surface area contributed by atoms with Crippen molar-refractivity contribution in [1.82, 2.24) is 4.90 Å². The SMILES string of the molecule is C=C(C)c1cc(Cl)ccc1N1CCN(C(=O)C(=O)O)CC1. The molecule has 1 aliphatic heterocycles. The molecule has 0 aromatic heterocycles. The van der Waals surface area contributed by atoms with E-state index in [-0.39, 0.29) is 0 Å². The topological polar surface area (TPSA) is 60.9 Å². The van der Waals surface area contributed by atoms with Gasteiger partial charge in [0, 0.05) is 42.5 Å². The number of carboxylic acid groups (broad SMARTS) is 1. The third-order valence-corrected chi connectivity index (χ3v) is 3.74. The molecule has 6 heteroatoms. The standard InChI is InChI=1S/C15H17ClN2O3/c1-10(2)12-9-11(16)3-4-13(12)17-5-7-18(8-6-17)14(19)15(20)21/h3-4,9H,1,5-8H2,2H3,(H,20,21). The van der Waals surface area contributed by atoms with E-state index < -0.39 is 11.9 Å². The minimum absolute atomic E-state index is 0.392. The van der Waals surface area contributed by atoms with Gasteiger partial charge in [0.15, 0.2) is 0 Å². The third kappa shape index (κ3) is 3.36. The van der Waals surface area contributed by atoms with Crippen LogP contribution in [0, 0.1) is 0 Å². The summed E-state index contributed by atoms with van der Waals surface area (Å²) in [4.78, 5) is 25.6. The van der Waals surface area contributed by atoms with E-state index in [1.165, 1.54) is 4.90 Å². The molecule has 112 valence electrons. The lowest BCUT2D eigenvalue weighted by atomic mass is 10.1. The van der Waals surface area contributed by atoms with Gasteiger partial charge in [0.1, 0.15) is 0 Å². The first-order valence-electron chi connectivity index (χ1n) is 6.62. The number of anilines is 1. The molecule has 5 nitrogen and oxygen atoms in total. The van der Waals surface area contributed by atoms with E-state index in [9.17, 15) is 9.59 Å². The number of hydrogen-bond donors (Lipinski definition) is 1. The molecule has 0 atom stereocenters. The summed E-state index contributed by atoms with van der Waals surface area (Å²) in [5, 5.41) is 9.38. The average Bonchev–Trinajstić information content (AvgIpc) is 2.46. The largest absolute Gasteiger partial charge is 0.474 e. The molecule has 1 aromatic carbocycles. The maximum Gasteiger partial charge on any atom is 0.394 e. The predicted molar refractivity (Wildman–Crippen MR) is 82.6 cm³/mol. The number of benzene rings is 1. The lowest BCUT2D eigenvalue weighted by Crippen LogP contribution is -2.50. The fourth-order valence-corrected chi connectivity index (χ4v) is 2.58. The van der Waals surface area contributed by atoms with Gasteiger partial charge in [-0.05, 0) is 30.7 Å². The minimum Gasteiger partial charge on any atom is -0.474 e. The highest BCUT2D eigenvalue weighted by Gasteiger charge is 2.26. The molecule has 1 heterocycles. The smallest absolute Gasteiger partial charge is 0.394 e. The van der Waals surface area contributed by atoms with Gasteiger partial charge in [-0.15, -0.1) is 0 Å². The first-order valence-corrected chi connectivity index (χ1v) is 7.00. The Morgan fingerprint density at radius 2 is 1.86 bits per heavy atom. The zero-order valence-electron chi connectivity index (χ0n) is 11.8. The number of allylic oxidation sites excluding steroid dienone is 1. The maximum absolute atomic E-state index is 11.4. The van der Waals surface area contributed by atoms with Crippen LogP contribution in [0.4, 0.5) is 5.69 Å². The second-order valence-corrected chi connectivity index (χ2v) is 5.46. The van der Waals surface area contributed by atoms with Crippen molar-refractivity contribution in [3.63, 3.8) is 0 Å². The quantitative estimate of drug-likeness (QED) is 0.850. The zero-order chi connectivity index (χ0) is 15.6. The van der Waals surface area contributed by atoms with Crippen LogP contribution in [-0.4, -0.2) is 48.1 Å². The van der Waals surface area contributed by atoms with Gasteiger partial charge < -0.3 is 14.9 Å². The molecule has 1 saturated heterocycles. The van der Waals surface area contributed by atoms with Gasteiger partial charge in [0.2, 0.25) is 0 Å². The Balaban J connectivity index is 2.14. The van der Waals surface area contributed by atoms with Crippen molar-refractivity contribution in [3.05, 3.63) is 35.4 Å². The van der Waals surface area contributed by atoms with Crippen LogP contribution >= 0.6 is 11.6 Å². The lowest BCUT2D eigenvalue weighted by molar-refractivity contribution is -0.156. The number of aliphatic carboxylic acids is 1. The molecule has 0 unspecified atom stereocenters. The number of rotatable bonds is 2. The second-order valence-electron chi connectivity index (χ2n) is 5.03. The van der Waals surface area contributed by atoms with Gasteiger partial charge in [-0.2, -0.15) is 0 Å². The molecule has 2 rings (SSSR count). The molecule has 1 fully saturated rings. The predicted octanol–water partition coefficient (Wildman–Crippen LogP) is 2.11. The molecule has 0 saturated carbocycles. The highest BCUT2D eigenvalue weighted by Crippen LogP contribution is 2.29. The Bertz CT molecular complexity index is 593. The highest BCUT2D eigenvalue weighted by atomic mass is 35.5. The molecule has 0 bridgehead atoms. The van der Waals surface area contributed by atoms with Crippen LogP contribution in [0.2, 0.25) is 5.02 Å². The summed E-state index contributed by atoms with van der Waals surface area (Å²) in [7, 11) is 0. The third-order valence-electron chi connectivity index (χ3n) is 3.51. The summed E-state index contributed by atoms with van der Waals surface area (Å²) in [5.41, 5.74) is 2.89. The van der Waals surface area contributed by atoms with Crippen molar-refractivity contribution in [2.75, 3.05) is 31.1 Å². The summed E-state index contributed by atoms with van der Waals surface area (Å²) in [5.74, 6) is -2.25. The molecule has 0 aliphatic carbocycles. The van der Waals surface area contributed by atoms with E-state index in [2.05, 4.69) is 11.5 Å². The number of amides is 1. The monoisotopic (exact) mass is 308 g/mol. The molecule has 0 spiro atoms. The molecule has 21 heavy (non-hydrogen) atoms. The number of carbonyl (C=O) groups excluding carboxylic acids is 1. The number of piperazine rings is 1. The number of hydrogen-bond acceptors (Lipinski definition) is 3. The lowest BCUT2D eigenvalue weighted by Gasteiger charge is -2.36. The van der Waals surface area contributed by atoms with E-state index in [0.29, 0.717) is 31.2 Å². The van der Waals surface area contributed by atoms with Crippen molar-refractivity contribution in [2.45, 2.75) is 6.92 Å². The van der Waals surface area contributed by atoms with Crippen molar-refractivity contribution < 1.29 is 14.7 Å². The van der Waals surface area contributed by atoms with Crippen molar-refractivity contribution >= 4 is 34.7 Å². The maximum atomic E-state index is 11.4. The van der Waals surface area contributed by atoms with Gasteiger partial charge in [0.05, 0.1) is 0 Å². The average molecular weight is 309 g/mol. The molecule has 1 amide bonds. The fraction of sp³-hybridized carbons (Fsp3) is 0.333. The van der Waals surface area contributed by atoms with Crippen LogP contribution < -0.4 is 4.90 Å². The van der Waals surface area contributed by atoms with Crippen molar-refractivity contribution in [2.24, 2.45) is 0 Å². The molecule has 1 N–H and O–H groups in total. The highest BCUT2D eigenvalue weighted by molar-refractivity contribution is 6.31. The van der Waals surface area contributed by atoms with Gasteiger partial charge in [-0.25, -0.2) is 4.79 Å². The van der Waals surface area contributed by atoms with Crippen molar-refractivity contribution in [1.29, 1.82) is 0 Å². The van der Waals surface area contributed by atoms with Crippen LogP contribution in [0.5, 0.6) is 0 Å². The van der Waals surface area contributed by atoms with Crippen LogP contribution in [0.3, 0.4) is 0 Å².